The molecule has 1 aliphatic heterocycles. The molecule has 1 unspecified atom stereocenters. The molecule has 2 N–H and O–H groups in total. The number of carbonyl (C=O) groups excluding carboxylic acids is 1. The van der Waals surface area contributed by atoms with E-state index < -0.39 is 0 Å². The average molecular weight is 343 g/mol. The fourth-order valence-corrected chi connectivity index (χ4v) is 3.29. The largest absolute Gasteiger partial charge is 0.364 e. The number of aromatic amines is 2. The van der Waals surface area contributed by atoms with Gasteiger partial charge in [0.15, 0.2) is 0 Å². The Kier molecular flexibility index (Phi) is 4.65. The molecule has 3 rings (SSSR count). The van der Waals surface area contributed by atoms with Gasteiger partial charge in [0, 0.05) is 51.1 Å². The van der Waals surface area contributed by atoms with Crippen LogP contribution in [0.3, 0.4) is 0 Å². The topological polar surface area (TPSA) is 85.1 Å². The van der Waals surface area contributed by atoms with Gasteiger partial charge in [-0.15, -0.1) is 0 Å². The highest BCUT2D eigenvalue weighted by molar-refractivity contribution is 5.95. The minimum atomic E-state index is -0.161. The Bertz CT molecular complexity index is 821. The SMILES string of the molecule is CC(C)c1[nH]ccc1C(=O)N1CCC(c2cc(=O)[nH]c(N(C)C)n2)C1. The van der Waals surface area contributed by atoms with Gasteiger partial charge in [0.2, 0.25) is 5.95 Å². The van der Waals surface area contributed by atoms with E-state index in [0.29, 0.717) is 19.0 Å². The summed E-state index contributed by atoms with van der Waals surface area (Å²) in [6.07, 6.45) is 2.63. The molecule has 1 fully saturated rings. The van der Waals surface area contributed by atoms with Gasteiger partial charge in [-0.2, -0.15) is 0 Å². The fraction of sp³-hybridized carbons (Fsp3) is 0.500. The van der Waals surface area contributed by atoms with Crippen LogP contribution in [0.5, 0.6) is 0 Å². The maximum absolute atomic E-state index is 12.9. The van der Waals surface area contributed by atoms with Gasteiger partial charge in [-0.1, -0.05) is 13.8 Å². The van der Waals surface area contributed by atoms with Crippen molar-refractivity contribution in [1.82, 2.24) is 19.9 Å². The van der Waals surface area contributed by atoms with Gasteiger partial charge < -0.3 is 14.8 Å². The van der Waals surface area contributed by atoms with Crippen LogP contribution in [-0.2, 0) is 0 Å². The number of H-pyrrole nitrogens is 2. The van der Waals surface area contributed by atoms with E-state index in [9.17, 15) is 9.59 Å². The molecule has 1 aliphatic rings. The molecule has 1 amide bonds. The minimum absolute atomic E-state index is 0.0464. The Morgan fingerprint density at radius 2 is 2.16 bits per heavy atom. The van der Waals surface area contributed by atoms with Crippen LogP contribution in [0.4, 0.5) is 5.95 Å². The van der Waals surface area contributed by atoms with Crippen LogP contribution in [0.25, 0.3) is 0 Å². The summed E-state index contributed by atoms with van der Waals surface area (Å²) in [6, 6.07) is 3.39. The third-order valence-corrected chi connectivity index (χ3v) is 4.65. The molecule has 0 aromatic carbocycles. The molecule has 2 aromatic heterocycles. The second-order valence-electron chi connectivity index (χ2n) is 7.08. The molecule has 0 radical (unpaired) electrons. The van der Waals surface area contributed by atoms with Crippen molar-refractivity contribution in [3.05, 3.63) is 45.6 Å². The predicted molar refractivity (Wildman–Crippen MR) is 97.3 cm³/mol. The first-order valence-corrected chi connectivity index (χ1v) is 8.62. The number of rotatable bonds is 4. The molecule has 0 spiro atoms. The number of hydrogen-bond donors (Lipinski definition) is 2. The lowest BCUT2D eigenvalue weighted by atomic mass is 10.0. The Morgan fingerprint density at radius 3 is 2.84 bits per heavy atom. The van der Waals surface area contributed by atoms with E-state index in [1.54, 1.807) is 11.0 Å². The number of amides is 1. The zero-order chi connectivity index (χ0) is 18.1. The standard InChI is InChI=1S/C18H25N5O2/c1-11(2)16-13(5-7-19-16)17(25)23-8-6-12(10-23)14-9-15(24)21-18(20-14)22(3)4/h5,7,9,11-12,19H,6,8,10H2,1-4H3,(H,20,21,24). The predicted octanol–water partition coefficient (Wildman–Crippen LogP) is 1.92. The molecule has 1 atom stereocenters. The van der Waals surface area contributed by atoms with E-state index >= 15 is 0 Å². The van der Waals surface area contributed by atoms with E-state index in [0.717, 1.165) is 23.4 Å². The molecule has 0 bridgehead atoms. The minimum Gasteiger partial charge on any atom is -0.364 e. The van der Waals surface area contributed by atoms with Crippen molar-refractivity contribution in [2.24, 2.45) is 0 Å². The molecule has 0 aliphatic carbocycles. The highest BCUT2D eigenvalue weighted by Crippen LogP contribution is 2.28. The normalized spacial score (nSPS) is 17.3. The molecular weight excluding hydrogens is 318 g/mol. The smallest absolute Gasteiger partial charge is 0.255 e. The van der Waals surface area contributed by atoms with E-state index in [2.05, 4.69) is 28.8 Å². The van der Waals surface area contributed by atoms with Crippen LogP contribution in [0.2, 0.25) is 0 Å². The van der Waals surface area contributed by atoms with Crippen molar-refractivity contribution < 1.29 is 4.79 Å². The first-order valence-electron chi connectivity index (χ1n) is 8.62. The Labute approximate surface area is 147 Å². The summed E-state index contributed by atoms with van der Waals surface area (Å²) in [7, 11) is 3.68. The van der Waals surface area contributed by atoms with Gasteiger partial charge >= 0.3 is 0 Å². The number of aromatic nitrogens is 3. The van der Waals surface area contributed by atoms with Crippen LogP contribution >= 0.6 is 0 Å². The monoisotopic (exact) mass is 343 g/mol. The molecule has 2 aromatic rings. The lowest BCUT2D eigenvalue weighted by molar-refractivity contribution is 0.0789. The summed E-state index contributed by atoms with van der Waals surface area (Å²) < 4.78 is 0. The zero-order valence-electron chi connectivity index (χ0n) is 15.2. The Balaban J connectivity index is 1.79. The highest BCUT2D eigenvalue weighted by Gasteiger charge is 2.30. The molecule has 7 heteroatoms. The fourth-order valence-electron chi connectivity index (χ4n) is 3.29. The summed E-state index contributed by atoms with van der Waals surface area (Å²) in [5, 5.41) is 0. The number of anilines is 1. The number of hydrogen-bond acceptors (Lipinski definition) is 4. The van der Waals surface area contributed by atoms with Crippen LogP contribution in [-0.4, -0.2) is 52.9 Å². The van der Waals surface area contributed by atoms with Gasteiger partial charge in [-0.05, 0) is 18.4 Å². The second-order valence-corrected chi connectivity index (χ2v) is 7.08. The maximum atomic E-state index is 12.9. The third kappa shape index (κ3) is 3.45. The van der Waals surface area contributed by atoms with Gasteiger partial charge in [-0.3, -0.25) is 14.6 Å². The van der Waals surface area contributed by atoms with Crippen LogP contribution in [0.1, 0.15) is 53.8 Å². The summed E-state index contributed by atoms with van der Waals surface area (Å²) in [6.45, 7) is 5.40. The summed E-state index contributed by atoms with van der Waals surface area (Å²) in [4.78, 5) is 38.8. The molecule has 3 heterocycles. The lowest BCUT2D eigenvalue weighted by Gasteiger charge is -2.18. The number of likely N-dealkylation sites (tertiary alicyclic amines) is 1. The van der Waals surface area contributed by atoms with Gasteiger partial charge in [0.25, 0.3) is 11.5 Å². The Hall–Kier alpha value is -2.57. The van der Waals surface area contributed by atoms with Crippen molar-refractivity contribution in [2.75, 3.05) is 32.1 Å². The number of nitrogens with zero attached hydrogens (tertiary/aromatic N) is 3. The third-order valence-electron chi connectivity index (χ3n) is 4.65. The molecule has 1 saturated heterocycles. The summed E-state index contributed by atoms with van der Waals surface area (Å²) in [5.74, 6) is 0.945. The van der Waals surface area contributed by atoms with Gasteiger partial charge in [-0.25, -0.2) is 4.98 Å². The quantitative estimate of drug-likeness (QED) is 0.888. The molecule has 25 heavy (non-hydrogen) atoms. The van der Waals surface area contributed by atoms with Gasteiger partial charge in [0.1, 0.15) is 0 Å². The molecular formula is C18H25N5O2. The van der Waals surface area contributed by atoms with Crippen molar-refractivity contribution in [1.29, 1.82) is 0 Å². The average Bonchev–Trinajstić information content (AvgIpc) is 3.23. The van der Waals surface area contributed by atoms with Crippen LogP contribution in [0, 0.1) is 0 Å². The van der Waals surface area contributed by atoms with E-state index in [4.69, 9.17) is 0 Å². The summed E-state index contributed by atoms with van der Waals surface area (Å²) in [5.41, 5.74) is 2.30. The Morgan fingerprint density at radius 1 is 1.40 bits per heavy atom. The van der Waals surface area contributed by atoms with Crippen LogP contribution < -0.4 is 10.5 Å². The zero-order valence-corrected chi connectivity index (χ0v) is 15.2. The van der Waals surface area contributed by atoms with Crippen molar-refractivity contribution in [3.8, 4) is 0 Å². The second kappa shape index (κ2) is 6.74. The van der Waals surface area contributed by atoms with Crippen LogP contribution in [0.15, 0.2) is 23.1 Å². The van der Waals surface area contributed by atoms with Crippen molar-refractivity contribution in [3.63, 3.8) is 0 Å². The van der Waals surface area contributed by atoms with E-state index in [-0.39, 0.29) is 23.3 Å². The first-order chi connectivity index (χ1) is 11.9. The van der Waals surface area contributed by atoms with E-state index in [1.165, 1.54) is 0 Å². The highest BCUT2D eigenvalue weighted by atomic mass is 16.2. The lowest BCUT2D eigenvalue weighted by Crippen LogP contribution is -2.29. The number of nitrogens with one attached hydrogen (secondary N) is 2. The number of carbonyl (C=O) groups is 1. The summed E-state index contributed by atoms with van der Waals surface area (Å²) >= 11 is 0. The van der Waals surface area contributed by atoms with Crippen molar-refractivity contribution >= 4 is 11.9 Å². The molecule has 134 valence electrons. The maximum Gasteiger partial charge on any atom is 0.255 e. The van der Waals surface area contributed by atoms with E-state index in [1.807, 2.05) is 31.3 Å². The van der Waals surface area contributed by atoms with Gasteiger partial charge in [0.05, 0.1) is 11.3 Å². The molecule has 7 nitrogen and oxygen atoms in total. The molecule has 0 saturated carbocycles. The first kappa shape index (κ1) is 17.3. The van der Waals surface area contributed by atoms with Crippen molar-refractivity contribution in [2.45, 2.75) is 32.1 Å².